The average molecular weight is 163 g/mol. The van der Waals surface area contributed by atoms with Crippen molar-refractivity contribution in [3.05, 3.63) is 19.1 Å². The molecule has 0 spiro atoms. The fraction of sp³-hybridized carbons (Fsp3) is 0.500. The van der Waals surface area contributed by atoms with Crippen LogP contribution in [0.4, 0.5) is 0 Å². The van der Waals surface area contributed by atoms with Gasteiger partial charge in [0.25, 0.3) is 0 Å². The van der Waals surface area contributed by atoms with Crippen molar-refractivity contribution in [1.29, 1.82) is 0 Å². The Bertz CT molecular complexity index is 116. The van der Waals surface area contributed by atoms with E-state index in [2.05, 4.69) is 24.9 Å². The van der Waals surface area contributed by atoms with E-state index in [1.165, 1.54) is 0 Å². The Hall–Kier alpha value is 1.05. The largest absolute Gasteiger partial charge is 1.00 e. The van der Waals surface area contributed by atoms with Crippen LogP contribution in [0.15, 0.2) is 17.1 Å². The normalized spacial score (nSPS) is 11.7. The van der Waals surface area contributed by atoms with E-state index in [0.29, 0.717) is 0 Å². The summed E-state index contributed by atoms with van der Waals surface area (Å²) in [5.74, 6) is 0. The standard InChI is InChI=1S/C8H14N.K/c1-4-6-7-8(5-2)9-3;/h6-7H,2,4-5H2,1,3H3;/q-1;+1/b7-6-,9-8?;. The molecule has 1 nitrogen and oxygen atoms in total. The third-order valence-electron chi connectivity index (χ3n) is 1.09. The molecule has 0 aliphatic heterocycles. The molecule has 0 aromatic rings. The van der Waals surface area contributed by atoms with E-state index in [4.69, 9.17) is 0 Å². The van der Waals surface area contributed by atoms with Crippen LogP contribution in [0, 0.1) is 6.92 Å². The second kappa shape index (κ2) is 10.0. The van der Waals surface area contributed by atoms with E-state index >= 15 is 0 Å². The van der Waals surface area contributed by atoms with Crippen molar-refractivity contribution in [2.45, 2.75) is 19.8 Å². The van der Waals surface area contributed by atoms with Crippen LogP contribution in [0.5, 0.6) is 0 Å². The van der Waals surface area contributed by atoms with Gasteiger partial charge < -0.3 is 6.92 Å². The Morgan fingerprint density at radius 2 is 2.20 bits per heavy atom. The smallest absolute Gasteiger partial charge is 0.338 e. The zero-order valence-corrected chi connectivity index (χ0v) is 10.3. The second-order valence-corrected chi connectivity index (χ2v) is 1.78. The summed E-state index contributed by atoms with van der Waals surface area (Å²) in [6, 6.07) is 0. The van der Waals surface area contributed by atoms with Crippen molar-refractivity contribution in [2.24, 2.45) is 4.99 Å². The van der Waals surface area contributed by atoms with Crippen LogP contribution in [0.2, 0.25) is 0 Å². The molecule has 0 N–H and O–H groups in total. The van der Waals surface area contributed by atoms with E-state index < -0.39 is 0 Å². The van der Waals surface area contributed by atoms with Gasteiger partial charge in [-0.2, -0.15) is 0 Å². The first-order valence-electron chi connectivity index (χ1n) is 3.26. The fourth-order valence-corrected chi connectivity index (χ4v) is 0.524. The molecular weight excluding hydrogens is 149 g/mol. The summed E-state index contributed by atoms with van der Waals surface area (Å²) in [6.07, 6.45) is 5.96. The Kier molecular flexibility index (Phi) is 13.7. The molecule has 0 amide bonds. The van der Waals surface area contributed by atoms with Crippen molar-refractivity contribution < 1.29 is 51.4 Å². The van der Waals surface area contributed by atoms with E-state index in [0.717, 1.165) is 18.6 Å². The molecule has 0 unspecified atom stereocenters. The third kappa shape index (κ3) is 7.16. The third-order valence-corrected chi connectivity index (χ3v) is 1.09. The summed E-state index contributed by atoms with van der Waals surface area (Å²) in [7, 11) is 1.79. The monoisotopic (exact) mass is 163 g/mol. The van der Waals surface area contributed by atoms with Gasteiger partial charge in [0.15, 0.2) is 0 Å². The number of hydrogen-bond acceptors (Lipinski definition) is 1. The minimum absolute atomic E-state index is 0. The second-order valence-electron chi connectivity index (χ2n) is 1.78. The molecule has 0 aliphatic carbocycles. The van der Waals surface area contributed by atoms with Gasteiger partial charge in [-0.05, 0) is 12.5 Å². The van der Waals surface area contributed by atoms with Gasteiger partial charge >= 0.3 is 51.4 Å². The predicted molar refractivity (Wildman–Crippen MR) is 42.8 cm³/mol. The van der Waals surface area contributed by atoms with Crippen LogP contribution in [0.1, 0.15) is 19.8 Å². The molecule has 0 atom stereocenters. The predicted octanol–water partition coefficient (Wildman–Crippen LogP) is -0.748. The molecule has 2 heteroatoms. The van der Waals surface area contributed by atoms with Gasteiger partial charge in [0.2, 0.25) is 0 Å². The Labute approximate surface area is 106 Å². The van der Waals surface area contributed by atoms with E-state index in [1.54, 1.807) is 7.05 Å². The molecule has 0 saturated heterocycles. The molecule has 0 aliphatic rings. The summed E-state index contributed by atoms with van der Waals surface area (Å²) < 4.78 is 0. The van der Waals surface area contributed by atoms with Crippen molar-refractivity contribution in [2.75, 3.05) is 7.05 Å². The number of hydrogen-bond donors (Lipinski definition) is 0. The summed E-state index contributed by atoms with van der Waals surface area (Å²) in [5.41, 5.74) is 1.07. The zero-order valence-electron chi connectivity index (χ0n) is 7.22. The molecule has 0 heterocycles. The molecular formula is C8H14KN. The molecule has 0 radical (unpaired) electrons. The fourth-order valence-electron chi connectivity index (χ4n) is 0.524. The number of nitrogens with zero attached hydrogens (tertiary/aromatic N) is 1. The molecule has 0 fully saturated rings. The topological polar surface area (TPSA) is 12.4 Å². The van der Waals surface area contributed by atoms with E-state index in [1.807, 2.05) is 6.08 Å². The van der Waals surface area contributed by atoms with Crippen LogP contribution in [-0.4, -0.2) is 12.8 Å². The molecule has 0 aromatic heterocycles. The minimum Gasteiger partial charge on any atom is -0.338 e. The van der Waals surface area contributed by atoms with Gasteiger partial charge in [-0.15, -0.1) is 6.42 Å². The van der Waals surface area contributed by atoms with Crippen LogP contribution in [0.3, 0.4) is 0 Å². The maximum atomic E-state index is 4.01. The molecule has 0 aromatic carbocycles. The van der Waals surface area contributed by atoms with Gasteiger partial charge in [0.05, 0.1) is 0 Å². The van der Waals surface area contributed by atoms with Gasteiger partial charge in [0, 0.05) is 12.8 Å². The zero-order chi connectivity index (χ0) is 7.11. The number of allylic oxidation sites excluding steroid dienone is 2. The molecule has 52 valence electrons. The summed E-state index contributed by atoms with van der Waals surface area (Å²) in [6.45, 7) is 5.83. The molecule has 0 rings (SSSR count). The maximum absolute atomic E-state index is 4.01. The van der Waals surface area contributed by atoms with Crippen molar-refractivity contribution >= 4 is 5.71 Å². The summed E-state index contributed by atoms with van der Waals surface area (Å²) in [4.78, 5) is 4.01. The first-order chi connectivity index (χ1) is 4.35. The quantitative estimate of drug-likeness (QED) is 0.295. The van der Waals surface area contributed by atoms with Crippen molar-refractivity contribution in [1.82, 2.24) is 0 Å². The molecule has 10 heavy (non-hydrogen) atoms. The summed E-state index contributed by atoms with van der Waals surface area (Å²) >= 11 is 0. The maximum Gasteiger partial charge on any atom is 1.00 e. The molecule has 0 saturated carbocycles. The Balaban J connectivity index is 0. The van der Waals surface area contributed by atoms with Gasteiger partial charge in [-0.25, -0.2) is 0 Å². The van der Waals surface area contributed by atoms with E-state index in [-0.39, 0.29) is 51.4 Å². The number of aliphatic imine (C=N–C) groups is 1. The molecule has 0 bridgehead atoms. The average Bonchev–Trinajstić information content (AvgIpc) is 1.91. The first-order valence-corrected chi connectivity index (χ1v) is 3.26. The van der Waals surface area contributed by atoms with Crippen LogP contribution >= 0.6 is 0 Å². The SMILES string of the molecule is [CH2-]CC(/C=C\CC)=NC.[K+]. The Morgan fingerprint density at radius 1 is 1.60 bits per heavy atom. The Morgan fingerprint density at radius 3 is 2.50 bits per heavy atom. The van der Waals surface area contributed by atoms with Crippen LogP contribution in [-0.2, 0) is 0 Å². The van der Waals surface area contributed by atoms with Gasteiger partial charge in [-0.3, -0.25) is 4.99 Å². The van der Waals surface area contributed by atoms with Gasteiger partial charge in [0.1, 0.15) is 0 Å². The van der Waals surface area contributed by atoms with Crippen LogP contribution < -0.4 is 51.4 Å². The van der Waals surface area contributed by atoms with Crippen molar-refractivity contribution in [3.63, 3.8) is 0 Å². The van der Waals surface area contributed by atoms with Crippen LogP contribution in [0.25, 0.3) is 0 Å². The van der Waals surface area contributed by atoms with Gasteiger partial charge in [-0.1, -0.05) is 13.0 Å². The first kappa shape index (κ1) is 13.6. The number of rotatable bonds is 3. The van der Waals surface area contributed by atoms with E-state index in [9.17, 15) is 0 Å². The van der Waals surface area contributed by atoms with Crippen molar-refractivity contribution in [3.8, 4) is 0 Å². The minimum atomic E-state index is 0. The summed E-state index contributed by atoms with van der Waals surface area (Å²) in [5, 5.41) is 0.